The molecule has 5 heteroatoms. The standard InChI is InChI=1S/C15H13BrN2OS/c1-8-13(9(2)19)14(12(7-17)15(20)18-8)10-3-5-11(16)6-4-10/h3-6,12,14H,1-2H3,(H,18,20)/t12-,14-/m1/s1. The Bertz CT molecular complexity index is 643. The van der Waals surface area contributed by atoms with Crippen molar-refractivity contribution in [2.45, 2.75) is 19.8 Å². The molecule has 0 fully saturated rings. The van der Waals surface area contributed by atoms with Gasteiger partial charge >= 0.3 is 0 Å². The van der Waals surface area contributed by atoms with Crippen molar-refractivity contribution >= 4 is 38.9 Å². The minimum Gasteiger partial charge on any atom is -0.352 e. The number of allylic oxidation sites excluding steroid dienone is 2. The number of Topliss-reactive ketones (excluding diaryl/α,β-unsaturated/α-hetero) is 1. The molecule has 1 N–H and O–H groups in total. The molecule has 0 aliphatic carbocycles. The van der Waals surface area contributed by atoms with Gasteiger partial charge < -0.3 is 5.32 Å². The number of nitrogens with one attached hydrogen (secondary N) is 1. The van der Waals surface area contributed by atoms with E-state index in [1.807, 2.05) is 31.2 Å². The Morgan fingerprint density at radius 1 is 1.40 bits per heavy atom. The summed E-state index contributed by atoms with van der Waals surface area (Å²) < 4.78 is 0.955. The molecule has 2 rings (SSSR count). The van der Waals surface area contributed by atoms with Crippen molar-refractivity contribution in [1.29, 1.82) is 5.26 Å². The number of carbonyl (C=O) groups is 1. The smallest absolute Gasteiger partial charge is 0.158 e. The summed E-state index contributed by atoms with van der Waals surface area (Å²) in [5, 5.41) is 12.4. The number of rotatable bonds is 2. The summed E-state index contributed by atoms with van der Waals surface area (Å²) >= 11 is 8.64. The first-order valence-electron chi connectivity index (χ1n) is 6.13. The first-order chi connectivity index (χ1) is 9.45. The zero-order valence-corrected chi connectivity index (χ0v) is 13.5. The normalized spacial score (nSPS) is 22.2. The van der Waals surface area contributed by atoms with Crippen LogP contribution in [0.5, 0.6) is 0 Å². The summed E-state index contributed by atoms with van der Waals surface area (Å²) in [6.07, 6.45) is 0. The maximum Gasteiger partial charge on any atom is 0.158 e. The van der Waals surface area contributed by atoms with Crippen LogP contribution in [0.1, 0.15) is 25.3 Å². The Morgan fingerprint density at radius 3 is 2.50 bits per heavy atom. The van der Waals surface area contributed by atoms with E-state index in [1.165, 1.54) is 6.92 Å². The minimum absolute atomic E-state index is 0.0364. The number of benzene rings is 1. The highest BCUT2D eigenvalue weighted by molar-refractivity contribution is 9.10. The molecule has 0 amide bonds. The molecule has 0 bridgehead atoms. The van der Waals surface area contributed by atoms with Gasteiger partial charge in [-0.2, -0.15) is 5.26 Å². The van der Waals surface area contributed by atoms with Gasteiger partial charge in [0.05, 0.1) is 11.1 Å². The largest absolute Gasteiger partial charge is 0.352 e. The molecule has 2 atom stereocenters. The van der Waals surface area contributed by atoms with Gasteiger partial charge in [-0.3, -0.25) is 4.79 Å². The number of carbonyl (C=O) groups excluding carboxylic acids is 1. The van der Waals surface area contributed by atoms with E-state index in [0.29, 0.717) is 10.6 Å². The topological polar surface area (TPSA) is 52.9 Å². The molecule has 3 nitrogen and oxygen atoms in total. The second-order valence-corrected chi connectivity index (χ2v) is 6.08. The highest BCUT2D eigenvalue weighted by atomic mass is 79.9. The quantitative estimate of drug-likeness (QED) is 0.831. The van der Waals surface area contributed by atoms with Gasteiger partial charge in [-0.05, 0) is 31.5 Å². The molecule has 1 aromatic rings. The van der Waals surface area contributed by atoms with E-state index in [2.05, 4.69) is 27.3 Å². The van der Waals surface area contributed by atoms with Gasteiger partial charge in [-0.25, -0.2) is 0 Å². The summed E-state index contributed by atoms with van der Waals surface area (Å²) in [5.41, 5.74) is 2.29. The maximum absolute atomic E-state index is 12.0. The minimum atomic E-state index is -0.520. The first kappa shape index (κ1) is 14.9. The molecular formula is C15H13BrN2OS. The fourth-order valence-corrected chi connectivity index (χ4v) is 3.13. The molecule has 0 spiro atoms. The van der Waals surface area contributed by atoms with Gasteiger partial charge in [0.1, 0.15) is 5.92 Å². The highest BCUT2D eigenvalue weighted by Crippen LogP contribution is 2.37. The third-order valence-corrected chi connectivity index (χ3v) is 4.27. The van der Waals surface area contributed by atoms with Gasteiger partial charge in [0, 0.05) is 21.7 Å². The number of thiocarbonyl (C=S) groups is 1. The van der Waals surface area contributed by atoms with Crippen LogP contribution in [0.15, 0.2) is 40.0 Å². The molecule has 1 aliphatic heterocycles. The predicted octanol–water partition coefficient (Wildman–Crippen LogP) is 3.47. The van der Waals surface area contributed by atoms with Crippen LogP contribution < -0.4 is 5.32 Å². The van der Waals surface area contributed by atoms with E-state index < -0.39 is 5.92 Å². The van der Waals surface area contributed by atoms with E-state index in [1.54, 1.807) is 0 Å². The summed E-state index contributed by atoms with van der Waals surface area (Å²) in [6.45, 7) is 3.34. The molecule has 1 aromatic carbocycles. The van der Waals surface area contributed by atoms with Crippen molar-refractivity contribution < 1.29 is 4.79 Å². The lowest BCUT2D eigenvalue weighted by Crippen LogP contribution is -2.39. The van der Waals surface area contributed by atoms with Gasteiger partial charge in [-0.1, -0.05) is 40.3 Å². The van der Waals surface area contributed by atoms with Crippen molar-refractivity contribution in [3.8, 4) is 6.07 Å². The lowest BCUT2D eigenvalue weighted by molar-refractivity contribution is -0.114. The Morgan fingerprint density at radius 2 is 2.00 bits per heavy atom. The Balaban J connectivity index is 2.61. The van der Waals surface area contributed by atoms with E-state index >= 15 is 0 Å². The number of hydrogen-bond donors (Lipinski definition) is 1. The lowest BCUT2D eigenvalue weighted by atomic mass is 9.76. The van der Waals surface area contributed by atoms with Crippen LogP contribution in [0.2, 0.25) is 0 Å². The molecule has 102 valence electrons. The summed E-state index contributed by atoms with van der Waals surface area (Å²) in [6, 6.07) is 9.87. The number of nitriles is 1. The van der Waals surface area contributed by atoms with E-state index in [-0.39, 0.29) is 11.7 Å². The average Bonchev–Trinajstić information content (AvgIpc) is 2.38. The number of halogens is 1. The molecule has 1 aliphatic rings. The zero-order valence-electron chi connectivity index (χ0n) is 11.1. The average molecular weight is 349 g/mol. The second-order valence-electron chi connectivity index (χ2n) is 4.72. The van der Waals surface area contributed by atoms with Gasteiger partial charge in [0.2, 0.25) is 0 Å². The monoisotopic (exact) mass is 348 g/mol. The Kier molecular flexibility index (Phi) is 4.36. The van der Waals surface area contributed by atoms with Crippen molar-refractivity contribution in [1.82, 2.24) is 5.32 Å². The van der Waals surface area contributed by atoms with Crippen molar-refractivity contribution in [2.24, 2.45) is 5.92 Å². The van der Waals surface area contributed by atoms with Crippen molar-refractivity contribution in [2.75, 3.05) is 0 Å². The van der Waals surface area contributed by atoms with E-state index in [4.69, 9.17) is 12.2 Å². The van der Waals surface area contributed by atoms with Gasteiger partial charge in [0.25, 0.3) is 0 Å². The Hall–Kier alpha value is -1.51. The number of nitrogens with zero attached hydrogens (tertiary/aromatic N) is 1. The van der Waals surface area contributed by atoms with Crippen LogP contribution in [0.3, 0.4) is 0 Å². The highest BCUT2D eigenvalue weighted by Gasteiger charge is 2.37. The predicted molar refractivity (Wildman–Crippen MR) is 85.1 cm³/mol. The van der Waals surface area contributed by atoms with Crippen LogP contribution in [0, 0.1) is 17.2 Å². The summed E-state index contributed by atoms with van der Waals surface area (Å²) in [7, 11) is 0. The van der Waals surface area contributed by atoms with Crippen LogP contribution >= 0.6 is 28.1 Å². The molecule has 1 heterocycles. The molecule has 0 unspecified atom stereocenters. The zero-order chi connectivity index (χ0) is 14.9. The van der Waals surface area contributed by atoms with Crippen LogP contribution in [0.4, 0.5) is 0 Å². The molecule has 0 radical (unpaired) electrons. The third-order valence-electron chi connectivity index (χ3n) is 3.39. The van der Waals surface area contributed by atoms with E-state index in [9.17, 15) is 10.1 Å². The number of hydrogen-bond acceptors (Lipinski definition) is 3. The second kappa shape index (κ2) is 5.86. The third kappa shape index (κ3) is 2.67. The summed E-state index contributed by atoms with van der Waals surface area (Å²) in [5.74, 6) is -0.862. The van der Waals surface area contributed by atoms with Crippen molar-refractivity contribution in [3.63, 3.8) is 0 Å². The molecular weight excluding hydrogens is 336 g/mol. The van der Waals surface area contributed by atoms with Crippen LogP contribution in [-0.2, 0) is 4.79 Å². The molecule has 0 saturated heterocycles. The molecule has 0 saturated carbocycles. The fourth-order valence-electron chi connectivity index (χ4n) is 2.53. The van der Waals surface area contributed by atoms with Crippen molar-refractivity contribution in [3.05, 3.63) is 45.6 Å². The van der Waals surface area contributed by atoms with Crippen LogP contribution in [-0.4, -0.2) is 10.8 Å². The van der Waals surface area contributed by atoms with Gasteiger partial charge in [0.15, 0.2) is 5.78 Å². The lowest BCUT2D eigenvalue weighted by Gasteiger charge is -2.32. The SMILES string of the molecule is CC(=O)C1=C(C)NC(=S)[C@H](C#N)[C@H]1c1ccc(Br)cc1. The first-order valence-corrected chi connectivity index (χ1v) is 7.33. The molecule has 0 aromatic heterocycles. The maximum atomic E-state index is 12.0. The molecule has 20 heavy (non-hydrogen) atoms. The van der Waals surface area contributed by atoms with Crippen LogP contribution in [0.25, 0.3) is 0 Å². The van der Waals surface area contributed by atoms with E-state index in [0.717, 1.165) is 15.7 Å². The fraction of sp³-hybridized carbons (Fsp3) is 0.267. The van der Waals surface area contributed by atoms with Gasteiger partial charge in [-0.15, -0.1) is 0 Å². The Labute approximate surface area is 131 Å². The number of ketones is 1. The summed E-state index contributed by atoms with van der Waals surface area (Å²) in [4.78, 5) is 12.4.